The second kappa shape index (κ2) is 6.00. The number of rotatable bonds is 3. The lowest BCUT2D eigenvalue weighted by molar-refractivity contribution is 0.102. The molecule has 0 aliphatic heterocycles. The Morgan fingerprint density at radius 2 is 2.10 bits per heavy atom. The predicted molar refractivity (Wildman–Crippen MR) is 80.6 cm³/mol. The Morgan fingerprint density at radius 3 is 2.80 bits per heavy atom. The van der Waals surface area contributed by atoms with Gasteiger partial charge in [0.2, 0.25) is 0 Å². The summed E-state index contributed by atoms with van der Waals surface area (Å²) in [6.07, 6.45) is 3.09. The molecule has 6 heteroatoms. The summed E-state index contributed by atoms with van der Waals surface area (Å²) in [5, 5.41) is 5.59. The van der Waals surface area contributed by atoms with Crippen molar-refractivity contribution >= 4 is 33.2 Å². The maximum absolute atomic E-state index is 13.5. The molecule has 0 atom stereocenters. The summed E-state index contributed by atoms with van der Waals surface area (Å²) in [4.78, 5) is 16.2. The van der Waals surface area contributed by atoms with E-state index in [1.54, 1.807) is 32.3 Å². The van der Waals surface area contributed by atoms with Crippen LogP contribution in [-0.2, 0) is 0 Å². The highest BCUT2D eigenvalue weighted by atomic mass is 79.9. The highest BCUT2D eigenvalue weighted by Gasteiger charge is 2.13. The summed E-state index contributed by atoms with van der Waals surface area (Å²) in [5.74, 6) is -0.740. The first-order valence-electron chi connectivity index (χ1n) is 5.91. The maximum atomic E-state index is 13.5. The van der Waals surface area contributed by atoms with Crippen LogP contribution in [0.15, 0.2) is 35.1 Å². The molecule has 2 N–H and O–H groups in total. The minimum atomic E-state index is -0.422. The summed E-state index contributed by atoms with van der Waals surface area (Å²) >= 11 is 3.11. The number of carbonyl (C=O) groups excluding carboxylic acids is 1. The van der Waals surface area contributed by atoms with Crippen LogP contribution in [0.25, 0.3) is 0 Å². The molecule has 0 bridgehead atoms. The highest BCUT2D eigenvalue weighted by Crippen LogP contribution is 2.25. The zero-order valence-electron chi connectivity index (χ0n) is 11.0. The molecule has 0 aliphatic carbocycles. The Balaban J connectivity index is 2.30. The van der Waals surface area contributed by atoms with Crippen LogP contribution in [-0.4, -0.2) is 17.9 Å². The van der Waals surface area contributed by atoms with E-state index in [0.29, 0.717) is 21.4 Å². The Bertz CT molecular complexity index is 661. The van der Waals surface area contributed by atoms with Gasteiger partial charge < -0.3 is 10.6 Å². The lowest BCUT2D eigenvalue weighted by Gasteiger charge is -2.11. The van der Waals surface area contributed by atoms with Crippen molar-refractivity contribution < 1.29 is 9.18 Å². The zero-order valence-corrected chi connectivity index (χ0v) is 12.6. The van der Waals surface area contributed by atoms with E-state index in [9.17, 15) is 9.18 Å². The second-order valence-electron chi connectivity index (χ2n) is 4.21. The third kappa shape index (κ3) is 2.96. The van der Waals surface area contributed by atoms with Crippen molar-refractivity contribution in [2.24, 2.45) is 0 Å². The number of nitrogens with one attached hydrogen (secondary N) is 2. The average molecular weight is 338 g/mol. The predicted octanol–water partition coefficient (Wildman–Crippen LogP) is 3.59. The lowest BCUT2D eigenvalue weighted by Crippen LogP contribution is -2.15. The fourth-order valence-electron chi connectivity index (χ4n) is 1.76. The molecule has 1 aromatic heterocycles. The molecule has 1 aromatic carbocycles. The van der Waals surface area contributed by atoms with Gasteiger partial charge in [0.25, 0.3) is 5.91 Å². The van der Waals surface area contributed by atoms with E-state index in [1.165, 1.54) is 12.3 Å². The third-order valence-corrected chi connectivity index (χ3v) is 3.46. The topological polar surface area (TPSA) is 54.0 Å². The summed E-state index contributed by atoms with van der Waals surface area (Å²) < 4.78 is 13.9. The summed E-state index contributed by atoms with van der Waals surface area (Å²) in [7, 11) is 1.71. The first-order chi connectivity index (χ1) is 9.52. The molecule has 0 aliphatic rings. The fourth-order valence-corrected chi connectivity index (χ4v) is 2.22. The van der Waals surface area contributed by atoms with Gasteiger partial charge in [0.05, 0.1) is 21.9 Å². The van der Waals surface area contributed by atoms with Crippen molar-refractivity contribution in [3.05, 3.63) is 52.0 Å². The Hall–Kier alpha value is -1.95. The molecule has 4 nitrogen and oxygen atoms in total. The van der Waals surface area contributed by atoms with Crippen LogP contribution in [0.5, 0.6) is 0 Å². The molecule has 2 aromatic rings. The lowest BCUT2D eigenvalue weighted by atomic mass is 10.1. The van der Waals surface area contributed by atoms with Crippen molar-refractivity contribution in [3.63, 3.8) is 0 Å². The summed E-state index contributed by atoms with van der Waals surface area (Å²) in [6, 6.07) is 4.51. The van der Waals surface area contributed by atoms with Gasteiger partial charge in [-0.25, -0.2) is 4.39 Å². The van der Waals surface area contributed by atoms with Gasteiger partial charge in [-0.3, -0.25) is 9.78 Å². The molecule has 0 unspecified atom stereocenters. The van der Waals surface area contributed by atoms with Crippen molar-refractivity contribution in [1.29, 1.82) is 0 Å². The number of benzene rings is 1. The van der Waals surface area contributed by atoms with Crippen LogP contribution in [0.4, 0.5) is 15.8 Å². The molecule has 0 saturated carbocycles. The van der Waals surface area contributed by atoms with Gasteiger partial charge in [0.15, 0.2) is 0 Å². The van der Waals surface area contributed by atoms with Gasteiger partial charge in [-0.1, -0.05) is 0 Å². The molecule has 0 fully saturated rings. The number of aromatic nitrogens is 1. The fraction of sp³-hybridized carbons (Fsp3) is 0.143. The monoisotopic (exact) mass is 337 g/mol. The van der Waals surface area contributed by atoms with Gasteiger partial charge in [0.1, 0.15) is 5.82 Å². The summed E-state index contributed by atoms with van der Waals surface area (Å²) in [5.41, 5.74) is 2.27. The van der Waals surface area contributed by atoms with Gasteiger partial charge in [-0.05, 0) is 46.6 Å². The molecule has 20 heavy (non-hydrogen) atoms. The number of halogens is 2. The molecule has 0 radical (unpaired) electrons. The molecular weight excluding hydrogens is 325 g/mol. The molecule has 2 rings (SSSR count). The summed E-state index contributed by atoms with van der Waals surface area (Å²) in [6.45, 7) is 1.80. The zero-order chi connectivity index (χ0) is 14.7. The maximum Gasteiger partial charge on any atom is 0.257 e. The minimum Gasteiger partial charge on any atom is -0.386 e. The highest BCUT2D eigenvalue weighted by molar-refractivity contribution is 9.10. The molecule has 0 saturated heterocycles. The number of carbonyl (C=O) groups is 1. The largest absolute Gasteiger partial charge is 0.386 e. The quantitative estimate of drug-likeness (QED) is 0.899. The number of pyridine rings is 1. The SMILES string of the molecule is CNc1cnccc1C(=O)Nc1cc(F)c(Br)cc1C. The molecule has 0 spiro atoms. The van der Waals surface area contributed by atoms with E-state index >= 15 is 0 Å². The van der Waals surface area contributed by atoms with Crippen LogP contribution in [0.2, 0.25) is 0 Å². The van der Waals surface area contributed by atoms with Crippen molar-refractivity contribution in [2.75, 3.05) is 17.7 Å². The standard InChI is InChI=1S/C14H13BrFN3O/c1-8-5-10(15)11(16)6-12(8)19-14(20)9-3-4-18-7-13(9)17-2/h3-7,17H,1-2H3,(H,19,20). The van der Waals surface area contributed by atoms with Gasteiger partial charge in [-0.2, -0.15) is 0 Å². The third-order valence-electron chi connectivity index (χ3n) is 2.85. The van der Waals surface area contributed by atoms with Gasteiger partial charge in [-0.15, -0.1) is 0 Å². The van der Waals surface area contributed by atoms with Crippen LogP contribution in [0.3, 0.4) is 0 Å². The number of aryl methyl sites for hydroxylation is 1. The van der Waals surface area contributed by atoms with Crippen LogP contribution in [0.1, 0.15) is 15.9 Å². The Kier molecular flexibility index (Phi) is 4.34. The first kappa shape index (κ1) is 14.5. The number of hydrogen-bond acceptors (Lipinski definition) is 3. The number of anilines is 2. The number of nitrogens with zero attached hydrogens (tertiary/aromatic N) is 1. The van der Waals surface area contributed by atoms with Crippen molar-refractivity contribution in [3.8, 4) is 0 Å². The van der Waals surface area contributed by atoms with E-state index in [2.05, 4.69) is 31.5 Å². The van der Waals surface area contributed by atoms with Crippen molar-refractivity contribution in [2.45, 2.75) is 6.92 Å². The smallest absolute Gasteiger partial charge is 0.257 e. The Morgan fingerprint density at radius 1 is 1.35 bits per heavy atom. The van der Waals surface area contributed by atoms with Gasteiger partial charge >= 0.3 is 0 Å². The van der Waals surface area contributed by atoms with E-state index in [1.807, 2.05) is 0 Å². The van der Waals surface area contributed by atoms with E-state index in [-0.39, 0.29) is 5.91 Å². The number of amides is 1. The minimum absolute atomic E-state index is 0.318. The van der Waals surface area contributed by atoms with E-state index in [0.717, 1.165) is 5.56 Å². The molecule has 104 valence electrons. The van der Waals surface area contributed by atoms with Crippen molar-refractivity contribution in [1.82, 2.24) is 4.98 Å². The average Bonchev–Trinajstić information content (AvgIpc) is 2.44. The van der Waals surface area contributed by atoms with E-state index in [4.69, 9.17) is 0 Å². The number of hydrogen-bond donors (Lipinski definition) is 2. The molecule has 1 amide bonds. The van der Waals surface area contributed by atoms with Crippen LogP contribution >= 0.6 is 15.9 Å². The second-order valence-corrected chi connectivity index (χ2v) is 5.06. The van der Waals surface area contributed by atoms with Crippen LogP contribution in [0, 0.1) is 12.7 Å². The Labute approximate surface area is 124 Å². The van der Waals surface area contributed by atoms with Gasteiger partial charge in [0, 0.05) is 18.9 Å². The van der Waals surface area contributed by atoms with E-state index < -0.39 is 5.82 Å². The van der Waals surface area contributed by atoms with Crippen LogP contribution < -0.4 is 10.6 Å². The molecular formula is C14H13BrFN3O. The first-order valence-corrected chi connectivity index (χ1v) is 6.71. The molecule has 1 heterocycles. The normalized spacial score (nSPS) is 10.2.